The van der Waals surface area contributed by atoms with Gasteiger partial charge in [0.2, 0.25) is 0 Å². The molecule has 0 bridgehead atoms. The summed E-state index contributed by atoms with van der Waals surface area (Å²) in [5.41, 5.74) is 0.933. The zero-order chi connectivity index (χ0) is 19.8. The van der Waals surface area contributed by atoms with E-state index < -0.39 is 17.7 Å². The Kier molecular flexibility index (Phi) is 4.44. The van der Waals surface area contributed by atoms with Crippen LogP contribution in [0.1, 0.15) is 22.9 Å². The Labute approximate surface area is 164 Å². The third-order valence-electron chi connectivity index (χ3n) is 4.45. The SMILES string of the molecule is Cc1cc(N2C(=O)C(=O)C(=C(O)c3ccc(Cl)cc3)[C@H]2c2ccncc2)no1. The smallest absolute Gasteiger partial charge is 0.301 e. The Hall–Kier alpha value is -3.45. The number of Topliss-reactive ketones (excluding diaryl/α,β-unsaturated/α-hetero) is 1. The molecule has 140 valence electrons. The lowest BCUT2D eigenvalue weighted by molar-refractivity contribution is -0.132. The van der Waals surface area contributed by atoms with E-state index in [-0.39, 0.29) is 17.2 Å². The highest BCUT2D eigenvalue weighted by atomic mass is 35.5. The quantitative estimate of drug-likeness (QED) is 0.413. The van der Waals surface area contributed by atoms with E-state index in [1.807, 2.05) is 0 Å². The number of hydrogen-bond acceptors (Lipinski definition) is 6. The van der Waals surface area contributed by atoms with Crippen LogP contribution in [0.4, 0.5) is 5.82 Å². The van der Waals surface area contributed by atoms with Crippen molar-refractivity contribution in [2.75, 3.05) is 4.90 Å². The molecule has 4 rings (SSSR count). The van der Waals surface area contributed by atoms with Crippen LogP contribution in [0.5, 0.6) is 0 Å². The first-order chi connectivity index (χ1) is 13.5. The Bertz CT molecular complexity index is 1090. The second-order valence-corrected chi connectivity index (χ2v) is 6.69. The summed E-state index contributed by atoms with van der Waals surface area (Å²) in [6.07, 6.45) is 3.09. The molecule has 1 N–H and O–H groups in total. The zero-order valence-corrected chi connectivity index (χ0v) is 15.4. The van der Waals surface area contributed by atoms with E-state index in [2.05, 4.69) is 10.1 Å². The van der Waals surface area contributed by atoms with Crippen molar-refractivity contribution in [1.82, 2.24) is 10.1 Å². The maximum absolute atomic E-state index is 12.9. The molecule has 1 atom stereocenters. The van der Waals surface area contributed by atoms with E-state index in [1.54, 1.807) is 61.8 Å². The molecular weight excluding hydrogens is 382 g/mol. The van der Waals surface area contributed by atoms with Crippen molar-refractivity contribution >= 4 is 34.9 Å². The number of benzene rings is 1. The molecule has 2 aromatic heterocycles. The van der Waals surface area contributed by atoms with Gasteiger partial charge in [-0.25, -0.2) is 0 Å². The largest absolute Gasteiger partial charge is 0.507 e. The van der Waals surface area contributed by atoms with Gasteiger partial charge in [0.1, 0.15) is 11.5 Å². The van der Waals surface area contributed by atoms with Crippen LogP contribution < -0.4 is 4.90 Å². The van der Waals surface area contributed by atoms with Crippen molar-refractivity contribution in [3.05, 3.63) is 82.3 Å². The van der Waals surface area contributed by atoms with Crippen LogP contribution >= 0.6 is 11.6 Å². The van der Waals surface area contributed by atoms with Crippen molar-refractivity contribution in [3.63, 3.8) is 0 Å². The molecule has 1 aliphatic rings. The number of carbonyl (C=O) groups is 2. The number of ketones is 1. The number of aliphatic hydroxyl groups excluding tert-OH is 1. The molecule has 1 aromatic carbocycles. The van der Waals surface area contributed by atoms with Gasteiger partial charge in [0, 0.05) is 29.0 Å². The highest BCUT2D eigenvalue weighted by Crippen LogP contribution is 2.41. The van der Waals surface area contributed by atoms with Gasteiger partial charge in [-0.1, -0.05) is 16.8 Å². The predicted octanol–water partition coefficient (Wildman–Crippen LogP) is 3.66. The number of nitrogens with zero attached hydrogens (tertiary/aromatic N) is 3. The molecule has 1 fully saturated rings. The summed E-state index contributed by atoms with van der Waals surface area (Å²) >= 11 is 5.91. The number of pyridine rings is 1. The molecule has 1 aliphatic heterocycles. The highest BCUT2D eigenvalue weighted by molar-refractivity contribution is 6.51. The first-order valence-corrected chi connectivity index (χ1v) is 8.75. The zero-order valence-electron chi connectivity index (χ0n) is 14.7. The van der Waals surface area contributed by atoms with Gasteiger partial charge in [0.05, 0.1) is 11.6 Å². The first-order valence-electron chi connectivity index (χ1n) is 8.37. The molecule has 0 spiro atoms. The average Bonchev–Trinajstić information content (AvgIpc) is 3.24. The minimum absolute atomic E-state index is 0.0424. The summed E-state index contributed by atoms with van der Waals surface area (Å²) < 4.78 is 5.08. The second kappa shape index (κ2) is 6.94. The van der Waals surface area contributed by atoms with E-state index in [9.17, 15) is 14.7 Å². The maximum atomic E-state index is 12.9. The Morgan fingerprint density at radius 1 is 1.14 bits per heavy atom. The molecule has 8 heteroatoms. The molecule has 3 aromatic rings. The van der Waals surface area contributed by atoms with E-state index in [1.165, 1.54) is 4.90 Å². The molecule has 0 aliphatic carbocycles. The molecular formula is C20H14ClN3O4. The fourth-order valence-electron chi connectivity index (χ4n) is 3.16. The lowest BCUT2D eigenvalue weighted by Gasteiger charge is -2.22. The van der Waals surface area contributed by atoms with Gasteiger partial charge in [-0.2, -0.15) is 0 Å². The molecule has 0 saturated carbocycles. The van der Waals surface area contributed by atoms with Crippen LogP contribution in [0, 0.1) is 6.92 Å². The number of aryl methyl sites for hydroxylation is 1. The molecule has 1 amide bonds. The van der Waals surface area contributed by atoms with E-state index in [4.69, 9.17) is 16.1 Å². The summed E-state index contributed by atoms with van der Waals surface area (Å²) in [5.74, 6) is -1.22. The number of aromatic nitrogens is 2. The Balaban J connectivity index is 1.93. The molecule has 1 saturated heterocycles. The van der Waals surface area contributed by atoms with E-state index >= 15 is 0 Å². The summed E-state index contributed by atoms with van der Waals surface area (Å²) in [6.45, 7) is 1.68. The van der Waals surface area contributed by atoms with Crippen LogP contribution in [-0.4, -0.2) is 26.9 Å². The number of rotatable bonds is 3. The average molecular weight is 396 g/mol. The third-order valence-corrected chi connectivity index (χ3v) is 4.70. The van der Waals surface area contributed by atoms with E-state index in [0.29, 0.717) is 21.9 Å². The summed E-state index contributed by atoms with van der Waals surface area (Å²) in [4.78, 5) is 30.9. The van der Waals surface area contributed by atoms with Crippen LogP contribution in [-0.2, 0) is 9.59 Å². The lowest BCUT2D eigenvalue weighted by atomic mass is 9.96. The minimum atomic E-state index is -0.872. The van der Waals surface area contributed by atoms with Gasteiger partial charge in [-0.05, 0) is 48.9 Å². The molecule has 3 heterocycles. The standard InChI is InChI=1S/C20H14ClN3O4/c1-11-10-15(23-28-11)24-17(12-6-8-22-9-7-12)16(19(26)20(24)27)18(25)13-2-4-14(21)5-3-13/h2-10,17,25H,1H3/t17-/m1/s1. The van der Waals surface area contributed by atoms with E-state index in [0.717, 1.165) is 0 Å². The van der Waals surface area contributed by atoms with Crippen molar-refractivity contribution in [2.45, 2.75) is 13.0 Å². The Morgan fingerprint density at radius 3 is 2.43 bits per heavy atom. The van der Waals surface area contributed by atoms with Crippen molar-refractivity contribution in [1.29, 1.82) is 0 Å². The second-order valence-electron chi connectivity index (χ2n) is 6.25. The fourth-order valence-corrected chi connectivity index (χ4v) is 3.29. The third kappa shape index (κ3) is 2.95. The monoisotopic (exact) mass is 395 g/mol. The van der Waals surface area contributed by atoms with Crippen LogP contribution in [0.15, 0.2) is 65.0 Å². The van der Waals surface area contributed by atoms with Crippen molar-refractivity contribution in [2.24, 2.45) is 0 Å². The first kappa shape index (κ1) is 17.9. The molecule has 0 radical (unpaired) electrons. The highest BCUT2D eigenvalue weighted by Gasteiger charge is 2.48. The van der Waals surface area contributed by atoms with Gasteiger partial charge in [-0.3, -0.25) is 19.5 Å². The molecule has 0 unspecified atom stereocenters. The van der Waals surface area contributed by atoms with Gasteiger partial charge in [0.25, 0.3) is 5.78 Å². The van der Waals surface area contributed by atoms with Crippen LogP contribution in [0.3, 0.4) is 0 Å². The fraction of sp³-hybridized carbons (Fsp3) is 0.100. The number of anilines is 1. The maximum Gasteiger partial charge on any atom is 0.301 e. The van der Waals surface area contributed by atoms with Crippen LogP contribution in [0.2, 0.25) is 5.02 Å². The summed E-state index contributed by atoms with van der Waals surface area (Å²) in [6, 6.07) is 10.4. The van der Waals surface area contributed by atoms with Crippen LogP contribution in [0.25, 0.3) is 5.76 Å². The van der Waals surface area contributed by atoms with Crippen molar-refractivity contribution < 1.29 is 19.2 Å². The lowest BCUT2D eigenvalue weighted by Crippen LogP contribution is -2.29. The number of hydrogen-bond donors (Lipinski definition) is 1. The molecule has 7 nitrogen and oxygen atoms in total. The normalized spacial score (nSPS) is 18.6. The topological polar surface area (TPSA) is 96.5 Å². The van der Waals surface area contributed by atoms with Gasteiger partial charge in [0.15, 0.2) is 5.82 Å². The predicted molar refractivity (Wildman–Crippen MR) is 102 cm³/mol. The number of carbonyl (C=O) groups excluding carboxylic acids is 2. The van der Waals surface area contributed by atoms with Gasteiger partial charge >= 0.3 is 5.91 Å². The number of halogens is 1. The summed E-state index contributed by atoms with van der Waals surface area (Å²) in [5, 5.41) is 15.2. The minimum Gasteiger partial charge on any atom is -0.507 e. The summed E-state index contributed by atoms with van der Waals surface area (Å²) in [7, 11) is 0. The van der Waals surface area contributed by atoms with Gasteiger partial charge in [-0.15, -0.1) is 0 Å². The number of amides is 1. The van der Waals surface area contributed by atoms with Gasteiger partial charge < -0.3 is 9.63 Å². The van der Waals surface area contributed by atoms with Crippen molar-refractivity contribution in [3.8, 4) is 0 Å². The number of aliphatic hydroxyl groups is 1. The molecule has 28 heavy (non-hydrogen) atoms. The Morgan fingerprint density at radius 2 is 1.82 bits per heavy atom.